The predicted octanol–water partition coefficient (Wildman–Crippen LogP) is 4.56. The van der Waals surface area contributed by atoms with Crippen LogP contribution in [0.5, 0.6) is 0 Å². The van der Waals surface area contributed by atoms with Gasteiger partial charge in [0.1, 0.15) is 11.5 Å². The summed E-state index contributed by atoms with van der Waals surface area (Å²) < 4.78 is 7.09. The van der Waals surface area contributed by atoms with E-state index in [0.29, 0.717) is 32.8 Å². The van der Waals surface area contributed by atoms with Crippen molar-refractivity contribution in [2.24, 2.45) is 0 Å². The molecule has 4 nitrogen and oxygen atoms in total. The molecule has 3 aromatic rings. The topological polar surface area (TPSA) is 48.0 Å². The average molecular weight is 321 g/mol. The van der Waals surface area contributed by atoms with Gasteiger partial charge in [0.25, 0.3) is 0 Å². The van der Waals surface area contributed by atoms with Crippen molar-refractivity contribution < 1.29 is 9.21 Å². The largest absolute Gasteiger partial charge is 0.460 e. The standard InChI is InChI=1S/C15H10Cl2N2O2/c1-9-2-5-14(21-9)15-10(8-20)7-19(18-15)11-3-4-12(16)13(17)6-11/h2-8H,1H3. The highest BCUT2D eigenvalue weighted by Gasteiger charge is 2.15. The minimum absolute atomic E-state index is 0.424. The van der Waals surface area contributed by atoms with E-state index >= 15 is 0 Å². The molecule has 0 bridgehead atoms. The Bertz CT molecular complexity index is 821. The van der Waals surface area contributed by atoms with E-state index in [1.54, 1.807) is 35.1 Å². The molecule has 0 saturated carbocycles. The van der Waals surface area contributed by atoms with Crippen LogP contribution in [0.2, 0.25) is 10.0 Å². The molecule has 0 unspecified atom stereocenters. The first-order valence-electron chi connectivity index (χ1n) is 6.15. The van der Waals surface area contributed by atoms with Crippen molar-refractivity contribution in [1.82, 2.24) is 9.78 Å². The van der Waals surface area contributed by atoms with E-state index in [-0.39, 0.29) is 0 Å². The lowest BCUT2D eigenvalue weighted by Gasteiger charge is -2.02. The molecule has 2 heterocycles. The second-order valence-electron chi connectivity index (χ2n) is 4.50. The summed E-state index contributed by atoms with van der Waals surface area (Å²) in [6.45, 7) is 1.83. The van der Waals surface area contributed by atoms with E-state index in [1.807, 2.05) is 13.0 Å². The molecular formula is C15H10Cl2N2O2. The molecule has 0 spiro atoms. The van der Waals surface area contributed by atoms with Crippen LogP contribution < -0.4 is 0 Å². The fourth-order valence-electron chi connectivity index (χ4n) is 1.99. The van der Waals surface area contributed by atoms with Gasteiger partial charge >= 0.3 is 0 Å². The lowest BCUT2D eigenvalue weighted by molar-refractivity contribution is 0.112. The number of benzene rings is 1. The predicted molar refractivity (Wildman–Crippen MR) is 81.4 cm³/mol. The molecule has 0 aliphatic carbocycles. The molecule has 0 aliphatic heterocycles. The molecule has 0 N–H and O–H groups in total. The zero-order chi connectivity index (χ0) is 15.0. The fraction of sp³-hybridized carbons (Fsp3) is 0.0667. The van der Waals surface area contributed by atoms with Gasteiger partial charge in [-0.15, -0.1) is 0 Å². The second kappa shape index (κ2) is 5.39. The Morgan fingerprint density at radius 3 is 2.62 bits per heavy atom. The Kier molecular flexibility index (Phi) is 3.57. The number of aldehydes is 1. The Morgan fingerprint density at radius 1 is 1.19 bits per heavy atom. The molecule has 0 amide bonds. The number of aromatic nitrogens is 2. The molecule has 0 fully saturated rings. The summed E-state index contributed by atoms with van der Waals surface area (Å²) in [7, 11) is 0. The number of halogens is 2. The number of furan rings is 1. The van der Waals surface area contributed by atoms with Crippen molar-refractivity contribution in [3.8, 4) is 17.1 Å². The molecule has 0 saturated heterocycles. The first kappa shape index (κ1) is 13.9. The third kappa shape index (κ3) is 2.60. The molecule has 6 heteroatoms. The SMILES string of the molecule is Cc1ccc(-c2nn(-c3ccc(Cl)c(Cl)c3)cc2C=O)o1. The first-order valence-corrected chi connectivity index (χ1v) is 6.91. The van der Waals surface area contributed by atoms with Gasteiger partial charge in [-0.3, -0.25) is 4.79 Å². The quantitative estimate of drug-likeness (QED) is 0.664. The van der Waals surface area contributed by atoms with Crippen molar-refractivity contribution in [3.63, 3.8) is 0 Å². The Labute approximate surface area is 130 Å². The van der Waals surface area contributed by atoms with E-state index in [2.05, 4.69) is 5.10 Å². The molecule has 1 aromatic carbocycles. The summed E-state index contributed by atoms with van der Waals surface area (Å²) in [5.74, 6) is 1.30. The van der Waals surface area contributed by atoms with E-state index in [0.717, 1.165) is 12.0 Å². The number of hydrogen-bond donors (Lipinski definition) is 0. The third-order valence-corrected chi connectivity index (χ3v) is 3.75. The monoisotopic (exact) mass is 320 g/mol. The number of rotatable bonds is 3. The maximum Gasteiger partial charge on any atom is 0.155 e. The number of aryl methyl sites for hydroxylation is 1. The van der Waals surface area contributed by atoms with Crippen LogP contribution in [0.3, 0.4) is 0 Å². The highest BCUT2D eigenvalue weighted by Crippen LogP contribution is 2.27. The summed E-state index contributed by atoms with van der Waals surface area (Å²) in [6, 6.07) is 8.74. The van der Waals surface area contributed by atoms with Crippen LogP contribution in [0.4, 0.5) is 0 Å². The van der Waals surface area contributed by atoms with Gasteiger partial charge in [-0.1, -0.05) is 23.2 Å². The van der Waals surface area contributed by atoms with Crippen molar-refractivity contribution in [1.29, 1.82) is 0 Å². The molecule has 3 rings (SSSR count). The number of hydrogen-bond acceptors (Lipinski definition) is 3. The molecule has 2 aromatic heterocycles. The smallest absolute Gasteiger partial charge is 0.155 e. The summed E-state index contributed by atoms with van der Waals surface area (Å²) in [4.78, 5) is 11.2. The maximum absolute atomic E-state index is 11.2. The molecule has 0 atom stereocenters. The average Bonchev–Trinajstić information content (AvgIpc) is 3.07. The minimum Gasteiger partial charge on any atom is -0.460 e. The number of carbonyl (C=O) groups excluding carboxylic acids is 1. The molecule has 0 radical (unpaired) electrons. The Morgan fingerprint density at radius 2 is 2.00 bits per heavy atom. The van der Waals surface area contributed by atoms with Crippen molar-refractivity contribution in [2.75, 3.05) is 0 Å². The highest BCUT2D eigenvalue weighted by atomic mass is 35.5. The molecular weight excluding hydrogens is 311 g/mol. The van der Waals surface area contributed by atoms with Crippen molar-refractivity contribution in [2.45, 2.75) is 6.92 Å². The maximum atomic E-state index is 11.2. The highest BCUT2D eigenvalue weighted by molar-refractivity contribution is 6.42. The summed E-state index contributed by atoms with van der Waals surface area (Å²) in [5.41, 5.74) is 1.64. The zero-order valence-electron chi connectivity index (χ0n) is 11.0. The fourth-order valence-corrected chi connectivity index (χ4v) is 2.28. The third-order valence-electron chi connectivity index (χ3n) is 3.01. The summed E-state index contributed by atoms with van der Waals surface area (Å²) >= 11 is 11.9. The van der Waals surface area contributed by atoms with Gasteiger partial charge in [0.15, 0.2) is 12.0 Å². The van der Waals surface area contributed by atoms with Gasteiger partial charge in [0.05, 0.1) is 21.3 Å². The first-order chi connectivity index (χ1) is 10.1. The van der Waals surface area contributed by atoms with Crippen LogP contribution >= 0.6 is 23.2 Å². The van der Waals surface area contributed by atoms with Gasteiger partial charge in [0, 0.05) is 6.20 Å². The van der Waals surface area contributed by atoms with Crippen molar-refractivity contribution in [3.05, 3.63) is 57.9 Å². The zero-order valence-corrected chi connectivity index (χ0v) is 12.5. The van der Waals surface area contributed by atoms with Gasteiger partial charge < -0.3 is 4.42 Å². The molecule has 0 aliphatic rings. The summed E-state index contributed by atoms with van der Waals surface area (Å²) in [5, 5.41) is 5.28. The van der Waals surface area contributed by atoms with Crippen LogP contribution in [0.25, 0.3) is 17.1 Å². The minimum atomic E-state index is 0.424. The van der Waals surface area contributed by atoms with Gasteiger partial charge in [-0.25, -0.2) is 4.68 Å². The van der Waals surface area contributed by atoms with Crippen LogP contribution in [-0.2, 0) is 0 Å². The number of nitrogens with zero attached hydrogens (tertiary/aromatic N) is 2. The van der Waals surface area contributed by atoms with E-state index in [4.69, 9.17) is 27.6 Å². The van der Waals surface area contributed by atoms with E-state index in [9.17, 15) is 4.79 Å². The molecule has 106 valence electrons. The van der Waals surface area contributed by atoms with Crippen LogP contribution in [-0.4, -0.2) is 16.1 Å². The van der Waals surface area contributed by atoms with Gasteiger partial charge in [0.2, 0.25) is 0 Å². The van der Waals surface area contributed by atoms with E-state index in [1.165, 1.54) is 0 Å². The van der Waals surface area contributed by atoms with E-state index < -0.39 is 0 Å². The second-order valence-corrected chi connectivity index (χ2v) is 5.32. The normalized spacial score (nSPS) is 10.8. The van der Waals surface area contributed by atoms with Crippen LogP contribution in [0.1, 0.15) is 16.1 Å². The van der Waals surface area contributed by atoms with Crippen LogP contribution in [0, 0.1) is 6.92 Å². The molecule has 21 heavy (non-hydrogen) atoms. The lowest BCUT2D eigenvalue weighted by Crippen LogP contribution is -1.94. The van der Waals surface area contributed by atoms with Crippen molar-refractivity contribution >= 4 is 29.5 Å². The summed E-state index contributed by atoms with van der Waals surface area (Å²) in [6.07, 6.45) is 2.37. The lowest BCUT2D eigenvalue weighted by atomic mass is 10.2. The number of carbonyl (C=O) groups is 1. The van der Waals surface area contributed by atoms with Gasteiger partial charge in [-0.2, -0.15) is 5.10 Å². The van der Waals surface area contributed by atoms with Crippen LogP contribution in [0.15, 0.2) is 40.9 Å². The Balaban J connectivity index is 2.10. The van der Waals surface area contributed by atoms with Gasteiger partial charge in [-0.05, 0) is 37.3 Å². The Hall–Kier alpha value is -2.04.